The van der Waals surface area contributed by atoms with Gasteiger partial charge < -0.3 is 5.11 Å². The lowest BCUT2D eigenvalue weighted by Crippen LogP contribution is -1.25. The number of alkyl halides is 2. The van der Waals surface area contributed by atoms with Crippen LogP contribution in [0.25, 0.3) is 0 Å². The topological polar surface area (TPSA) is 20.2 Å². The lowest BCUT2D eigenvalue weighted by molar-refractivity contribution is 0.399. The molecule has 0 amide bonds. The Kier molecular flexibility index (Phi) is 43.7. The van der Waals surface area contributed by atoms with E-state index < -0.39 is 0 Å². The van der Waals surface area contributed by atoms with Crippen molar-refractivity contribution in [3.63, 3.8) is 0 Å². The molecule has 0 atom stereocenters. The van der Waals surface area contributed by atoms with E-state index in [1.807, 2.05) is 0 Å². The fraction of sp³-hybridized carbons (Fsp3) is 1.00. The Morgan fingerprint density at radius 2 is 1.40 bits per heavy atom. The van der Waals surface area contributed by atoms with Gasteiger partial charge in [-0.25, -0.2) is 0 Å². The van der Waals surface area contributed by atoms with Gasteiger partial charge in [0.15, 0.2) is 0 Å². The third-order valence-corrected chi connectivity index (χ3v) is 0. The average molecular weight is 117 g/mol. The van der Waals surface area contributed by atoms with Gasteiger partial charge in [-0.05, 0) is 0 Å². The van der Waals surface area contributed by atoms with E-state index in [9.17, 15) is 0 Å². The fourth-order valence-corrected chi connectivity index (χ4v) is 0. The Morgan fingerprint density at radius 1 is 1.40 bits per heavy atom. The summed E-state index contributed by atoms with van der Waals surface area (Å²) in [7, 11) is 1.00. The summed E-state index contributed by atoms with van der Waals surface area (Å²) in [6.45, 7) is 0. The monoisotopic (exact) mass is 116 g/mol. The first-order valence-corrected chi connectivity index (χ1v) is 2.05. The molecular weight excluding hydrogens is 111 g/mol. The van der Waals surface area contributed by atoms with Crippen molar-refractivity contribution >= 4 is 23.2 Å². The van der Waals surface area contributed by atoms with Gasteiger partial charge >= 0.3 is 0 Å². The van der Waals surface area contributed by atoms with Crippen LogP contribution in [0.15, 0.2) is 0 Å². The van der Waals surface area contributed by atoms with Crippen LogP contribution in [-0.2, 0) is 0 Å². The van der Waals surface area contributed by atoms with E-state index in [-0.39, 0.29) is 5.34 Å². The van der Waals surface area contributed by atoms with Crippen LogP contribution in [-0.4, -0.2) is 17.6 Å². The second-order valence-corrected chi connectivity index (χ2v) is 0.909. The Morgan fingerprint density at radius 3 is 1.40 bits per heavy atom. The number of halogens is 2. The van der Waals surface area contributed by atoms with Crippen molar-refractivity contribution in [1.29, 1.82) is 0 Å². The van der Waals surface area contributed by atoms with E-state index in [4.69, 9.17) is 28.3 Å². The molecule has 0 spiro atoms. The highest BCUT2D eigenvalue weighted by atomic mass is 35.5. The lowest BCUT2D eigenvalue weighted by atomic mass is 11.8. The smallest absolute Gasteiger partial charge is 0.0967 e. The van der Waals surface area contributed by atoms with Crippen LogP contribution in [0.3, 0.4) is 0 Å². The molecule has 5 heavy (non-hydrogen) atoms. The number of hydrogen-bond donors (Lipinski definition) is 1. The summed E-state index contributed by atoms with van der Waals surface area (Å²) in [5, 5.41) is 7.19. The van der Waals surface area contributed by atoms with Crippen molar-refractivity contribution in [1.82, 2.24) is 0 Å². The Hall–Kier alpha value is 0.540. The molecule has 0 aromatic carbocycles. The summed E-state index contributed by atoms with van der Waals surface area (Å²) in [6.07, 6.45) is 0. The number of aliphatic hydroxyl groups is 1. The normalized spacial score (nSPS) is 4.80. The van der Waals surface area contributed by atoms with Crippen molar-refractivity contribution in [2.75, 3.05) is 12.4 Å². The Labute approximate surface area is 41.5 Å². The highest BCUT2D eigenvalue weighted by molar-refractivity contribution is 6.40. The zero-order chi connectivity index (χ0) is 4.71. The van der Waals surface area contributed by atoms with Gasteiger partial charge in [-0.3, -0.25) is 0 Å². The van der Waals surface area contributed by atoms with E-state index in [2.05, 4.69) is 0 Å². The molecule has 0 saturated heterocycles. The van der Waals surface area contributed by atoms with Crippen molar-refractivity contribution in [3.05, 3.63) is 0 Å². The first-order chi connectivity index (χ1) is 2.41. The lowest BCUT2D eigenvalue weighted by Gasteiger charge is -1.42. The molecule has 0 aromatic rings. The fourth-order valence-electron chi connectivity index (χ4n) is 0. The second kappa shape index (κ2) is 24.0. The highest BCUT2D eigenvalue weighted by Gasteiger charge is 1.41. The number of aliphatic hydroxyl groups excluding tert-OH is 1. The molecule has 0 aliphatic heterocycles. The first-order valence-electron chi connectivity index (χ1n) is 0.982. The zero-order valence-electron chi connectivity index (χ0n) is 2.91. The van der Waals surface area contributed by atoms with Crippen LogP contribution in [0.5, 0.6) is 0 Å². The van der Waals surface area contributed by atoms with Gasteiger partial charge in [0.1, 0.15) is 0 Å². The molecule has 0 unspecified atom stereocenters. The van der Waals surface area contributed by atoms with Crippen molar-refractivity contribution in [2.24, 2.45) is 0 Å². The highest BCUT2D eigenvalue weighted by Crippen LogP contribution is 1.73. The van der Waals surface area contributed by atoms with Gasteiger partial charge in [0.05, 0.1) is 5.34 Å². The Balaban J connectivity index is 0. The molecule has 0 radical (unpaired) electrons. The SMILES string of the molecule is CO.ClCCl. The van der Waals surface area contributed by atoms with E-state index in [1.165, 1.54) is 0 Å². The molecule has 0 fully saturated rings. The second-order valence-electron chi connectivity index (χ2n) is 0.101. The molecule has 0 aliphatic carbocycles. The molecule has 1 N–H and O–H groups in total. The van der Waals surface area contributed by atoms with Crippen molar-refractivity contribution in [2.45, 2.75) is 0 Å². The Bertz CT molecular complexity index is 7.61. The zero-order valence-corrected chi connectivity index (χ0v) is 4.42. The number of rotatable bonds is 0. The summed E-state index contributed by atoms with van der Waals surface area (Å²) < 4.78 is 0. The van der Waals surface area contributed by atoms with E-state index in [0.717, 1.165) is 7.11 Å². The minimum atomic E-state index is 0.194. The van der Waals surface area contributed by atoms with Crippen molar-refractivity contribution < 1.29 is 5.11 Å². The summed E-state index contributed by atoms with van der Waals surface area (Å²) in [4.78, 5) is 0. The third kappa shape index (κ3) is 100. The van der Waals surface area contributed by atoms with Crippen LogP contribution in [0.2, 0.25) is 0 Å². The minimum Gasteiger partial charge on any atom is -0.400 e. The molecule has 3 heteroatoms. The van der Waals surface area contributed by atoms with Gasteiger partial charge in [-0.2, -0.15) is 0 Å². The summed E-state index contributed by atoms with van der Waals surface area (Å²) in [5.74, 6) is 0. The molecule has 0 aliphatic rings. The van der Waals surface area contributed by atoms with Crippen LogP contribution in [0, 0.1) is 0 Å². The molecule has 0 heterocycles. The van der Waals surface area contributed by atoms with E-state index >= 15 is 0 Å². The molecule has 0 saturated carbocycles. The van der Waals surface area contributed by atoms with Crippen LogP contribution in [0.1, 0.15) is 0 Å². The summed E-state index contributed by atoms with van der Waals surface area (Å²) in [5.41, 5.74) is 0. The maximum atomic E-state index is 7.00. The maximum Gasteiger partial charge on any atom is 0.0967 e. The summed E-state index contributed by atoms with van der Waals surface area (Å²) in [6, 6.07) is 0. The predicted molar refractivity (Wildman–Crippen MR) is 24.7 cm³/mol. The van der Waals surface area contributed by atoms with Crippen LogP contribution < -0.4 is 0 Å². The van der Waals surface area contributed by atoms with E-state index in [1.54, 1.807) is 0 Å². The average Bonchev–Trinajstić information content (AvgIpc) is 1.46. The molecule has 34 valence electrons. The largest absolute Gasteiger partial charge is 0.400 e. The standard InChI is InChI=1S/CH2Cl2.CH4O/c2-1-3;1-2/h1H2;2H,1H3. The van der Waals surface area contributed by atoms with Gasteiger partial charge in [-0.15, -0.1) is 23.2 Å². The first kappa shape index (κ1) is 9.11. The minimum absolute atomic E-state index is 0.194. The molecule has 1 nitrogen and oxygen atoms in total. The van der Waals surface area contributed by atoms with Crippen molar-refractivity contribution in [3.8, 4) is 0 Å². The molecule has 0 aromatic heterocycles. The van der Waals surface area contributed by atoms with Gasteiger partial charge in [-0.1, -0.05) is 0 Å². The van der Waals surface area contributed by atoms with Gasteiger partial charge in [0.25, 0.3) is 0 Å². The number of hydrogen-bond acceptors (Lipinski definition) is 1. The predicted octanol–water partition coefficient (Wildman–Crippen LogP) is 1.03. The van der Waals surface area contributed by atoms with Crippen LogP contribution in [0.4, 0.5) is 0 Å². The van der Waals surface area contributed by atoms with Crippen LogP contribution >= 0.6 is 23.2 Å². The summed E-state index contributed by atoms with van der Waals surface area (Å²) >= 11 is 9.53. The van der Waals surface area contributed by atoms with Gasteiger partial charge in [0, 0.05) is 7.11 Å². The molecule has 0 bridgehead atoms. The molecular formula is C2H6Cl2O. The van der Waals surface area contributed by atoms with E-state index in [0.29, 0.717) is 0 Å². The molecule has 0 rings (SSSR count). The third-order valence-electron chi connectivity index (χ3n) is 0. The quantitative estimate of drug-likeness (QED) is 0.469. The van der Waals surface area contributed by atoms with Gasteiger partial charge in [0.2, 0.25) is 0 Å². The maximum absolute atomic E-state index is 7.00.